The van der Waals surface area contributed by atoms with Gasteiger partial charge in [-0.25, -0.2) is 0 Å². The Kier molecular flexibility index (Phi) is 6.02. The van der Waals surface area contributed by atoms with Gasteiger partial charge in [0.25, 0.3) is 0 Å². The van der Waals surface area contributed by atoms with E-state index in [1.807, 2.05) is 24.3 Å². The van der Waals surface area contributed by atoms with Gasteiger partial charge in [-0.3, -0.25) is 4.79 Å². The van der Waals surface area contributed by atoms with E-state index in [-0.39, 0.29) is 5.91 Å². The molecule has 1 aromatic heterocycles. The van der Waals surface area contributed by atoms with E-state index in [0.29, 0.717) is 11.7 Å². The molecule has 2 rings (SSSR count). The van der Waals surface area contributed by atoms with Crippen LogP contribution in [0.3, 0.4) is 0 Å². The maximum Gasteiger partial charge on any atom is 0.234 e. The summed E-state index contributed by atoms with van der Waals surface area (Å²) in [5, 5.41) is 12.1. The minimum atomic E-state index is -0.0518. The molecule has 5 nitrogen and oxygen atoms in total. The Morgan fingerprint density at radius 2 is 2.00 bits per heavy atom. The molecular formula is C15H19BrN4OS. The summed E-state index contributed by atoms with van der Waals surface area (Å²) >= 11 is 4.78. The number of halogens is 1. The summed E-state index contributed by atoms with van der Waals surface area (Å²) in [6.07, 6.45) is 0. The Morgan fingerprint density at radius 1 is 1.32 bits per heavy atom. The van der Waals surface area contributed by atoms with E-state index in [9.17, 15) is 4.79 Å². The van der Waals surface area contributed by atoms with Crippen LogP contribution in [-0.4, -0.2) is 26.4 Å². The van der Waals surface area contributed by atoms with E-state index in [4.69, 9.17) is 0 Å². The third-order valence-electron chi connectivity index (χ3n) is 3.04. The minimum absolute atomic E-state index is 0.0518. The molecule has 0 radical (unpaired) electrons. The normalized spacial score (nSPS) is 11.0. The molecule has 1 heterocycles. The van der Waals surface area contributed by atoms with Crippen LogP contribution in [0.5, 0.6) is 0 Å². The van der Waals surface area contributed by atoms with Crippen LogP contribution >= 0.6 is 27.7 Å². The van der Waals surface area contributed by atoms with Crippen molar-refractivity contribution in [3.05, 3.63) is 34.6 Å². The van der Waals surface area contributed by atoms with Crippen LogP contribution in [-0.2, 0) is 11.3 Å². The lowest BCUT2D eigenvalue weighted by molar-refractivity contribution is -0.113. The van der Waals surface area contributed by atoms with Crippen LogP contribution in [0.4, 0.5) is 5.69 Å². The molecule has 2 aromatic rings. The SMILES string of the molecule is CCn1c(SCC(=O)Nc2ccc(Br)cc2)nnc1C(C)C. The average Bonchev–Trinajstić information content (AvgIpc) is 2.90. The number of aromatic nitrogens is 3. The third kappa shape index (κ3) is 4.33. The standard InChI is InChI=1S/C15H19BrN4OS/c1-4-20-14(10(2)3)18-19-15(20)22-9-13(21)17-12-7-5-11(16)6-8-12/h5-8,10H,4,9H2,1-3H3,(H,17,21). The van der Waals surface area contributed by atoms with Crippen molar-refractivity contribution < 1.29 is 4.79 Å². The van der Waals surface area contributed by atoms with Crippen molar-refractivity contribution >= 4 is 39.3 Å². The lowest BCUT2D eigenvalue weighted by Gasteiger charge is -2.09. The van der Waals surface area contributed by atoms with Gasteiger partial charge in [0.15, 0.2) is 5.16 Å². The summed E-state index contributed by atoms with van der Waals surface area (Å²) in [4.78, 5) is 12.0. The Balaban J connectivity index is 1.95. The second-order valence-electron chi connectivity index (χ2n) is 5.08. The lowest BCUT2D eigenvalue weighted by atomic mass is 10.2. The van der Waals surface area contributed by atoms with Gasteiger partial charge in [0.05, 0.1) is 5.75 Å². The van der Waals surface area contributed by atoms with Gasteiger partial charge in [0, 0.05) is 22.6 Å². The molecule has 1 aromatic carbocycles. The van der Waals surface area contributed by atoms with Gasteiger partial charge in [0.2, 0.25) is 5.91 Å². The molecule has 22 heavy (non-hydrogen) atoms. The molecule has 0 unspecified atom stereocenters. The van der Waals surface area contributed by atoms with E-state index < -0.39 is 0 Å². The molecule has 0 fully saturated rings. The van der Waals surface area contributed by atoms with Crippen molar-refractivity contribution in [1.82, 2.24) is 14.8 Å². The number of benzene rings is 1. The van der Waals surface area contributed by atoms with Crippen molar-refractivity contribution in [3.63, 3.8) is 0 Å². The van der Waals surface area contributed by atoms with Crippen LogP contribution in [0, 0.1) is 0 Å². The van der Waals surface area contributed by atoms with E-state index in [2.05, 4.69) is 56.8 Å². The highest BCUT2D eigenvalue weighted by atomic mass is 79.9. The first-order valence-electron chi connectivity index (χ1n) is 7.12. The van der Waals surface area contributed by atoms with Gasteiger partial charge in [-0.05, 0) is 31.2 Å². The summed E-state index contributed by atoms with van der Waals surface area (Å²) < 4.78 is 3.04. The smallest absolute Gasteiger partial charge is 0.234 e. The number of hydrogen-bond acceptors (Lipinski definition) is 4. The first kappa shape index (κ1) is 17.0. The number of rotatable bonds is 6. The highest BCUT2D eigenvalue weighted by Crippen LogP contribution is 2.21. The highest BCUT2D eigenvalue weighted by molar-refractivity contribution is 9.10. The maximum absolute atomic E-state index is 12.0. The fourth-order valence-corrected chi connectivity index (χ4v) is 3.07. The van der Waals surface area contributed by atoms with Gasteiger partial charge in [0.1, 0.15) is 5.82 Å². The Bertz CT molecular complexity index is 639. The zero-order valence-corrected chi connectivity index (χ0v) is 15.2. The van der Waals surface area contributed by atoms with Crippen molar-refractivity contribution in [2.45, 2.75) is 38.4 Å². The first-order valence-corrected chi connectivity index (χ1v) is 8.90. The monoisotopic (exact) mass is 382 g/mol. The fourth-order valence-electron chi connectivity index (χ4n) is 1.99. The summed E-state index contributed by atoms with van der Waals surface area (Å²) in [7, 11) is 0. The zero-order chi connectivity index (χ0) is 16.1. The van der Waals surface area contributed by atoms with Crippen LogP contribution in [0.1, 0.15) is 32.5 Å². The van der Waals surface area contributed by atoms with Crippen molar-refractivity contribution in [2.75, 3.05) is 11.1 Å². The molecule has 0 spiro atoms. The molecule has 0 aliphatic carbocycles. The molecule has 1 amide bonds. The molecule has 7 heteroatoms. The number of amides is 1. The molecule has 0 saturated heterocycles. The van der Waals surface area contributed by atoms with Gasteiger partial charge >= 0.3 is 0 Å². The molecule has 0 aliphatic rings. The molecule has 0 atom stereocenters. The number of anilines is 1. The van der Waals surface area contributed by atoms with Crippen LogP contribution < -0.4 is 5.32 Å². The van der Waals surface area contributed by atoms with E-state index in [1.54, 1.807) is 0 Å². The maximum atomic E-state index is 12.0. The van der Waals surface area contributed by atoms with Crippen LogP contribution in [0.15, 0.2) is 33.9 Å². The zero-order valence-electron chi connectivity index (χ0n) is 12.8. The predicted molar refractivity (Wildman–Crippen MR) is 93.3 cm³/mol. The number of carbonyl (C=O) groups is 1. The quantitative estimate of drug-likeness (QED) is 0.769. The molecule has 0 bridgehead atoms. The Labute approximate surface area is 143 Å². The largest absolute Gasteiger partial charge is 0.325 e. The third-order valence-corrected chi connectivity index (χ3v) is 4.53. The summed E-state index contributed by atoms with van der Waals surface area (Å²) in [6.45, 7) is 7.04. The van der Waals surface area contributed by atoms with Gasteiger partial charge < -0.3 is 9.88 Å². The fraction of sp³-hybridized carbons (Fsp3) is 0.400. The summed E-state index contributed by atoms with van der Waals surface area (Å²) in [5.41, 5.74) is 0.786. The van der Waals surface area contributed by atoms with Crippen LogP contribution in [0.2, 0.25) is 0 Å². The molecular weight excluding hydrogens is 364 g/mol. The average molecular weight is 383 g/mol. The van der Waals surface area contributed by atoms with Crippen molar-refractivity contribution in [1.29, 1.82) is 0 Å². The van der Waals surface area contributed by atoms with E-state index >= 15 is 0 Å². The number of carbonyl (C=O) groups excluding carboxylic acids is 1. The van der Waals surface area contributed by atoms with E-state index in [1.165, 1.54) is 11.8 Å². The van der Waals surface area contributed by atoms with Gasteiger partial charge in [-0.15, -0.1) is 10.2 Å². The lowest BCUT2D eigenvalue weighted by Crippen LogP contribution is -2.14. The first-order chi connectivity index (χ1) is 10.5. The number of nitrogens with one attached hydrogen (secondary N) is 1. The van der Waals surface area contributed by atoms with E-state index in [0.717, 1.165) is 27.7 Å². The topological polar surface area (TPSA) is 59.8 Å². The number of nitrogens with zero attached hydrogens (tertiary/aromatic N) is 3. The minimum Gasteiger partial charge on any atom is -0.325 e. The molecule has 1 N–H and O–H groups in total. The number of hydrogen-bond donors (Lipinski definition) is 1. The van der Waals surface area contributed by atoms with Crippen molar-refractivity contribution in [2.24, 2.45) is 0 Å². The van der Waals surface area contributed by atoms with Crippen LogP contribution in [0.25, 0.3) is 0 Å². The molecule has 0 saturated carbocycles. The Hall–Kier alpha value is -1.34. The highest BCUT2D eigenvalue weighted by Gasteiger charge is 2.15. The molecule has 118 valence electrons. The van der Waals surface area contributed by atoms with Gasteiger partial charge in [-0.2, -0.15) is 0 Å². The number of thioether (sulfide) groups is 1. The predicted octanol–water partition coefficient (Wildman–Crippen LogP) is 3.91. The Morgan fingerprint density at radius 3 is 2.59 bits per heavy atom. The molecule has 0 aliphatic heterocycles. The summed E-state index contributed by atoms with van der Waals surface area (Å²) in [5.74, 6) is 1.53. The second-order valence-corrected chi connectivity index (χ2v) is 6.94. The summed E-state index contributed by atoms with van der Waals surface area (Å²) in [6, 6.07) is 7.51. The second kappa shape index (κ2) is 7.78. The van der Waals surface area contributed by atoms with Crippen molar-refractivity contribution in [3.8, 4) is 0 Å². The van der Waals surface area contributed by atoms with Gasteiger partial charge in [-0.1, -0.05) is 41.5 Å².